The number of nitrogens with zero attached hydrogens (tertiary/aromatic N) is 2. The molecule has 0 aliphatic rings. The third-order valence-electron chi connectivity index (χ3n) is 3.77. The van der Waals surface area contributed by atoms with Gasteiger partial charge in [0.1, 0.15) is 5.01 Å². The Morgan fingerprint density at radius 1 is 0.964 bits per heavy atom. The number of carbonyl (C=O) groups excluding carboxylic acids is 2. The third-order valence-corrected chi connectivity index (χ3v) is 4.67. The predicted molar refractivity (Wildman–Crippen MR) is 109 cm³/mol. The molecule has 28 heavy (non-hydrogen) atoms. The Balaban J connectivity index is 1.61. The molecule has 0 aliphatic carbocycles. The maximum atomic E-state index is 12.5. The fourth-order valence-corrected chi connectivity index (χ4v) is 3.12. The van der Waals surface area contributed by atoms with Crippen molar-refractivity contribution in [1.29, 1.82) is 0 Å². The zero-order chi connectivity index (χ0) is 19.8. The van der Waals surface area contributed by atoms with Gasteiger partial charge in [-0.15, -0.1) is 10.2 Å². The number of nitrogens with one attached hydrogen (secondary N) is 2. The van der Waals surface area contributed by atoms with Gasteiger partial charge in [-0.1, -0.05) is 35.6 Å². The van der Waals surface area contributed by atoms with Crippen LogP contribution >= 0.6 is 11.3 Å². The highest BCUT2D eigenvalue weighted by atomic mass is 32.1. The van der Waals surface area contributed by atoms with Gasteiger partial charge in [0.15, 0.2) is 0 Å². The van der Waals surface area contributed by atoms with E-state index in [2.05, 4.69) is 20.8 Å². The Hall–Kier alpha value is -3.10. The van der Waals surface area contributed by atoms with E-state index in [9.17, 15) is 9.59 Å². The summed E-state index contributed by atoms with van der Waals surface area (Å²) in [5.74, 6) is -0.551. The standard InChI is InChI=1S/C20H20N4O3S/c1-2-27-12-11-17-23-24-20(28-17)22-19(26)15-9-6-10-16(13-15)21-18(25)14-7-4-3-5-8-14/h3-10,13H,2,11-12H2,1H3,(H,21,25)(H,22,24,26). The molecule has 2 N–H and O–H groups in total. The number of rotatable bonds is 8. The van der Waals surface area contributed by atoms with Crippen LogP contribution < -0.4 is 10.6 Å². The van der Waals surface area contributed by atoms with Crippen molar-refractivity contribution in [3.63, 3.8) is 0 Å². The van der Waals surface area contributed by atoms with Gasteiger partial charge >= 0.3 is 0 Å². The first kappa shape index (κ1) is 19.7. The number of amides is 2. The zero-order valence-electron chi connectivity index (χ0n) is 15.3. The van der Waals surface area contributed by atoms with Crippen LogP contribution in [0.1, 0.15) is 32.6 Å². The molecule has 0 spiro atoms. The Bertz CT molecular complexity index is 943. The monoisotopic (exact) mass is 396 g/mol. The van der Waals surface area contributed by atoms with E-state index in [4.69, 9.17) is 4.74 Å². The minimum Gasteiger partial charge on any atom is -0.381 e. The van der Waals surface area contributed by atoms with Gasteiger partial charge in [0.25, 0.3) is 11.8 Å². The molecule has 2 amide bonds. The second-order valence-electron chi connectivity index (χ2n) is 5.80. The van der Waals surface area contributed by atoms with E-state index >= 15 is 0 Å². The molecule has 1 heterocycles. The van der Waals surface area contributed by atoms with Crippen molar-refractivity contribution in [2.75, 3.05) is 23.8 Å². The lowest BCUT2D eigenvalue weighted by molar-refractivity contribution is 0.101. The van der Waals surface area contributed by atoms with E-state index < -0.39 is 0 Å². The van der Waals surface area contributed by atoms with Crippen LogP contribution in [0.15, 0.2) is 54.6 Å². The molecule has 1 aromatic heterocycles. The van der Waals surface area contributed by atoms with Gasteiger partial charge in [0.2, 0.25) is 5.13 Å². The lowest BCUT2D eigenvalue weighted by atomic mass is 10.1. The third kappa shape index (κ3) is 5.45. The molecule has 0 atom stereocenters. The first-order chi connectivity index (χ1) is 13.7. The molecular weight excluding hydrogens is 376 g/mol. The molecule has 0 radical (unpaired) electrons. The van der Waals surface area contributed by atoms with E-state index in [1.54, 1.807) is 48.5 Å². The molecule has 8 heteroatoms. The van der Waals surface area contributed by atoms with Crippen molar-refractivity contribution in [3.8, 4) is 0 Å². The summed E-state index contributed by atoms with van der Waals surface area (Å²) in [6.07, 6.45) is 0.655. The van der Waals surface area contributed by atoms with E-state index in [0.717, 1.165) is 5.01 Å². The largest absolute Gasteiger partial charge is 0.381 e. The smallest absolute Gasteiger partial charge is 0.257 e. The number of hydrogen-bond donors (Lipinski definition) is 2. The summed E-state index contributed by atoms with van der Waals surface area (Å²) < 4.78 is 5.29. The van der Waals surface area contributed by atoms with Gasteiger partial charge in [-0.2, -0.15) is 0 Å². The molecule has 3 rings (SSSR count). The van der Waals surface area contributed by atoms with Crippen LogP contribution in [0, 0.1) is 0 Å². The van der Waals surface area contributed by atoms with Gasteiger partial charge in [-0.05, 0) is 37.3 Å². The molecule has 0 fully saturated rings. The number of anilines is 2. The van der Waals surface area contributed by atoms with Crippen LogP contribution in [-0.2, 0) is 11.2 Å². The fraction of sp³-hybridized carbons (Fsp3) is 0.200. The highest BCUT2D eigenvalue weighted by Crippen LogP contribution is 2.18. The second kappa shape index (κ2) is 9.72. The topological polar surface area (TPSA) is 93.2 Å². The predicted octanol–water partition coefficient (Wildman–Crippen LogP) is 3.62. The van der Waals surface area contributed by atoms with Crippen molar-refractivity contribution >= 4 is 34.0 Å². The van der Waals surface area contributed by atoms with Gasteiger partial charge in [-0.3, -0.25) is 14.9 Å². The van der Waals surface area contributed by atoms with Gasteiger partial charge in [0.05, 0.1) is 6.61 Å². The van der Waals surface area contributed by atoms with Crippen LogP contribution in [0.2, 0.25) is 0 Å². The second-order valence-corrected chi connectivity index (χ2v) is 6.87. The quantitative estimate of drug-likeness (QED) is 0.567. The molecule has 0 saturated carbocycles. The lowest BCUT2D eigenvalue weighted by Crippen LogP contribution is -2.14. The lowest BCUT2D eigenvalue weighted by Gasteiger charge is -2.07. The minimum absolute atomic E-state index is 0.235. The summed E-state index contributed by atoms with van der Waals surface area (Å²) in [6.45, 7) is 3.16. The number of hydrogen-bond acceptors (Lipinski definition) is 6. The van der Waals surface area contributed by atoms with Gasteiger partial charge in [-0.25, -0.2) is 0 Å². The number of ether oxygens (including phenoxy) is 1. The average molecular weight is 396 g/mol. The number of carbonyl (C=O) groups is 2. The first-order valence-corrected chi connectivity index (χ1v) is 9.65. The van der Waals surface area contributed by atoms with Crippen molar-refractivity contribution in [3.05, 3.63) is 70.7 Å². The Morgan fingerprint density at radius 2 is 1.71 bits per heavy atom. The molecule has 0 saturated heterocycles. The van der Waals surface area contributed by atoms with Crippen LogP contribution in [0.4, 0.5) is 10.8 Å². The van der Waals surface area contributed by atoms with Gasteiger partial charge in [0, 0.05) is 29.8 Å². The number of aromatic nitrogens is 2. The normalized spacial score (nSPS) is 10.5. The SMILES string of the molecule is CCOCCc1nnc(NC(=O)c2cccc(NC(=O)c3ccccc3)c2)s1. The van der Waals surface area contributed by atoms with Crippen molar-refractivity contribution in [2.45, 2.75) is 13.3 Å². The average Bonchev–Trinajstić information content (AvgIpc) is 3.16. The van der Waals surface area contributed by atoms with E-state index in [1.165, 1.54) is 11.3 Å². The molecular formula is C20H20N4O3S. The van der Waals surface area contributed by atoms with Crippen LogP contribution in [0.5, 0.6) is 0 Å². The van der Waals surface area contributed by atoms with Crippen molar-refractivity contribution in [2.24, 2.45) is 0 Å². The summed E-state index contributed by atoms with van der Waals surface area (Å²) in [6, 6.07) is 15.6. The summed E-state index contributed by atoms with van der Waals surface area (Å²) in [4.78, 5) is 24.7. The van der Waals surface area contributed by atoms with Crippen molar-refractivity contribution in [1.82, 2.24) is 10.2 Å². The van der Waals surface area contributed by atoms with Gasteiger partial charge < -0.3 is 10.1 Å². The fourth-order valence-electron chi connectivity index (χ4n) is 2.41. The highest BCUT2D eigenvalue weighted by Gasteiger charge is 2.12. The van der Waals surface area contributed by atoms with Crippen LogP contribution in [0.25, 0.3) is 0 Å². The van der Waals surface area contributed by atoms with Crippen LogP contribution in [0.3, 0.4) is 0 Å². The van der Waals surface area contributed by atoms with Crippen LogP contribution in [-0.4, -0.2) is 35.2 Å². The molecule has 0 aliphatic heterocycles. The summed E-state index contributed by atoms with van der Waals surface area (Å²) >= 11 is 1.31. The summed E-state index contributed by atoms with van der Waals surface area (Å²) in [5, 5.41) is 14.8. The number of benzene rings is 2. The molecule has 0 unspecified atom stereocenters. The summed E-state index contributed by atoms with van der Waals surface area (Å²) in [5.41, 5.74) is 1.50. The zero-order valence-corrected chi connectivity index (χ0v) is 16.2. The molecule has 144 valence electrons. The molecule has 3 aromatic rings. The molecule has 2 aromatic carbocycles. The highest BCUT2D eigenvalue weighted by molar-refractivity contribution is 7.15. The first-order valence-electron chi connectivity index (χ1n) is 8.83. The Morgan fingerprint density at radius 3 is 2.50 bits per heavy atom. The molecule has 7 nitrogen and oxygen atoms in total. The Kier molecular flexibility index (Phi) is 6.83. The maximum Gasteiger partial charge on any atom is 0.257 e. The van der Waals surface area contributed by atoms with E-state index in [-0.39, 0.29) is 11.8 Å². The Labute approximate surface area is 166 Å². The molecule has 0 bridgehead atoms. The van der Waals surface area contributed by atoms with Crippen molar-refractivity contribution < 1.29 is 14.3 Å². The maximum absolute atomic E-state index is 12.5. The van der Waals surface area contributed by atoms with E-state index in [0.29, 0.717) is 41.6 Å². The van der Waals surface area contributed by atoms with E-state index in [1.807, 2.05) is 13.0 Å². The summed E-state index contributed by atoms with van der Waals surface area (Å²) in [7, 11) is 0. The minimum atomic E-state index is -0.316.